The Hall–Kier alpha value is -0.560. The maximum Gasteiger partial charge on any atom is 0.245 e. The van der Waals surface area contributed by atoms with E-state index in [0.29, 0.717) is 5.92 Å². The first-order chi connectivity index (χ1) is 5.13. The molecular formula is C9H13ClO. The van der Waals surface area contributed by atoms with Gasteiger partial charge in [0.2, 0.25) is 5.24 Å². The molecule has 0 rings (SSSR count). The van der Waals surface area contributed by atoms with Gasteiger partial charge in [0, 0.05) is 0 Å². The van der Waals surface area contributed by atoms with E-state index in [2.05, 4.69) is 13.8 Å². The Balaban J connectivity index is 3.52. The van der Waals surface area contributed by atoms with Gasteiger partial charge >= 0.3 is 0 Å². The summed E-state index contributed by atoms with van der Waals surface area (Å²) in [5.74, 6) is 0.659. The average molecular weight is 173 g/mol. The van der Waals surface area contributed by atoms with Crippen LogP contribution in [0.15, 0.2) is 24.3 Å². The first kappa shape index (κ1) is 10.4. The van der Waals surface area contributed by atoms with Crippen molar-refractivity contribution in [2.45, 2.75) is 20.3 Å². The smallest absolute Gasteiger partial charge is 0.245 e. The second-order valence-corrected chi connectivity index (χ2v) is 3.09. The summed E-state index contributed by atoms with van der Waals surface area (Å²) in [6.07, 6.45) is 7.86. The van der Waals surface area contributed by atoms with Crippen molar-refractivity contribution in [3.63, 3.8) is 0 Å². The van der Waals surface area contributed by atoms with Gasteiger partial charge in [0.15, 0.2) is 0 Å². The molecule has 0 aromatic carbocycles. The largest absolute Gasteiger partial charge is 0.276 e. The third-order valence-corrected chi connectivity index (χ3v) is 1.21. The zero-order valence-corrected chi connectivity index (χ0v) is 7.64. The van der Waals surface area contributed by atoms with Crippen molar-refractivity contribution < 1.29 is 4.79 Å². The molecule has 0 aromatic heterocycles. The normalized spacial score (nSPS) is 12.0. The van der Waals surface area contributed by atoms with Crippen LogP contribution in [0.2, 0.25) is 0 Å². The van der Waals surface area contributed by atoms with Gasteiger partial charge in [0.05, 0.1) is 0 Å². The highest BCUT2D eigenvalue weighted by molar-refractivity contribution is 6.66. The first-order valence-electron chi connectivity index (χ1n) is 3.65. The van der Waals surface area contributed by atoms with Crippen LogP contribution in [-0.4, -0.2) is 5.24 Å². The summed E-state index contributed by atoms with van der Waals surface area (Å²) in [7, 11) is 0. The van der Waals surface area contributed by atoms with Crippen LogP contribution in [0, 0.1) is 5.92 Å². The third kappa shape index (κ3) is 9.44. The average Bonchev–Trinajstić information content (AvgIpc) is 1.85. The van der Waals surface area contributed by atoms with E-state index in [1.807, 2.05) is 12.2 Å². The van der Waals surface area contributed by atoms with Crippen molar-refractivity contribution in [2.24, 2.45) is 5.92 Å². The predicted molar refractivity (Wildman–Crippen MR) is 48.6 cm³/mol. The Morgan fingerprint density at radius 2 is 2.09 bits per heavy atom. The quantitative estimate of drug-likeness (QED) is 0.362. The molecule has 2 heteroatoms. The minimum atomic E-state index is -0.431. The summed E-state index contributed by atoms with van der Waals surface area (Å²) in [4.78, 5) is 10.2. The van der Waals surface area contributed by atoms with Crippen LogP contribution in [0.3, 0.4) is 0 Å². The number of hydrogen-bond acceptors (Lipinski definition) is 1. The fraction of sp³-hybridized carbons (Fsp3) is 0.444. The minimum absolute atomic E-state index is 0.431. The molecule has 0 aliphatic rings. The lowest BCUT2D eigenvalue weighted by molar-refractivity contribution is -0.107. The molecule has 0 bridgehead atoms. The van der Waals surface area contributed by atoms with E-state index < -0.39 is 5.24 Å². The van der Waals surface area contributed by atoms with Gasteiger partial charge in [-0.25, -0.2) is 0 Å². The van der Waals surface area contributed by atoms with E-state index in [-0.39, 0.29) is 0 Å². The Bertz CT molecular complexity index is 168. The van der Waals surface area contributed by atoms with Crippen molar-refractivity contribution in [3.8, 4) is 0 Å². The fourth-order valence-electron chi connectivity index (χ4n) is 0.561. The SMILES string of the molecule is CC(C)C/C=C/C=C/C(=O)Cl. The molecule has 0 atom stereocenters. The van der Waals surface area contributed by atoms with Gasteiger partial charge < -0.3 is 0 Å². The third-order valence-electron chi connectivity index (χ3n) is 1.08. The number of carbonyl (C=O) groups is 1. The molecule has 0 radical (unpaired) electrons. The van der Waals surface area contributed by atoms with Crippen LogP contribution in [0.25, 0.3) is 0 Å². The number of rotatable bonds is 4. The predicted octanol–water partition coefficient (Wildman–Crippen LogP) is 2.91. The Morgan fingerprint density at radius 3 is 2.55 bits per heavy atom. The van der Waals surface area contributed by atoms with Crippen molar-refractivity contribution in [1.82, 2.24) is 0 Å². The molecule has 0 saturated heterocycles. The van der Waals surface area contributed by atoms with E-state index in [9.17, 15) is 4.79 Å². The van der Waals surface area contributed by atoms with Gasteiger partial charge in [-0.1, -0.05) is 32.1 Å². The van der Waals surface area contributed by atoms with Crippen LogP contribution < -0.4 is 0 Å². The zero-order valence-electron chi connectivity index (χ0n) is 6.88. The molecule has 0 amide bonds. The van der Waals surface area contributed by atoms with Crippen molar-refractivity contribution in [1.29, 1.82) is 0 Å². The summed E-state index contributed by atoms with van der Waals surface area (Å²) in [6, 6.07) is 0. The van der Waals surface area contributed by atoms with Gasteiger partial charge in [-0.15, -0.1) is 0 Å². The molecule has 0 saturated carbocycles. The molecule has 11 heavy (non-hydrogen) atoms. The molecule has 0 unspecified atom stereocenters. The zero-order chi connectivity index (χ0) is 8.69. The Kier molecular flexibility index (Phi) is 5.86. The molecule has 0 spiro atoms. The molecule has 0 aromatic rings. The molecule has 62 valence electrons. The second-order valence-electron chi connectivity index (χ2n) is 2.72. The van der Waals surface area contributed by atoms with Crippen LogP contribution in [0.1, 0.15) is 20.3 Å². The molecule has 0 aliphatic heterocycles. The van der Waals surface area contributed by atoms with Crippen LogP contribution in [-0.2, 0) is 4.79 Å². The van der Waals surface area contributed by atoms with Gasteiger partial charge in [-0.3, -0.25) is 4.79 Å². The monoisotopic (exact) mass is 172 g/mol. The Labute approximate surface area is 72.7 Å². The van der Waals surface area contributed by atoms with Crippen molar-refractivity contribution in [3.05, 3.63) is 24.3 Å². The number of halogens is 1. The van der Waals surface area contributed by atoms with E-state index in [1.165, 1.54) is 6.08 Å². The maximum absolute atomic E-state index is 10.2. The number of hydrogen-bond donors (Lipinski definition) is 0. The highest BCUT2D eigenvalue weighted by atomic mass is 35.5. The lowest BCUT2D eigenvalue weighted by Gasteiger charge is -1.94. The summed E-state index contributed by atoms with van der Waals surface area (Å²) >= 11 is 5.06. The lowest BCUT2D eigenvalue weighted by Crippen LogP contribution is -1.80. The van der Waals surface area contributed by atoms with E-state index >= 15 is 0 Å². The van der Waals surface area contributed by atoms with Crippen LogP contribution in [0.5, 0.6) is 0 Å². The van der Waals surface area contributed by atoms with E-state index in [1.54, 1.807) is 6.08 Å². The summed E-state index contributed by atoms with van der Waals surface area (Å²) in [6.45, 7) is 4.28. The minimum Gasteiger partial charge on any atom is -0.276 e. The summed E-state index contributed by atoms with van der Waals surface area (Å²) in [5, 5.41) is -0.431. The fourth-order valence-corrected chi connectivity index (χ4v) is 0.633. The van der Waals surface area contributed by atoms with Crippen LogP contribution >= 0.6 is 11.6 Å². The van der Waals surface area contributed by atoms with Gasteiger partial charge in [-0.05, 0) is 30.0 Å². The molecule has 0 heterocycles. The van der Waals surface area contributed by atoms with Gasteiger partial charge in [-0.2, -0.15) is 0 Å². The van der Waals surface area contributed by atoms with Gasteiger partial charge in [0.25, 0.3) is 0 Å². The van der Waals surface area contributed by atoms with Crippen molar-refractivity contribution >= 4 is 16.8 Å². The topological polar surface area (TPSA) is 17.1 Å². The molecule has 0 fully saturated rings. The van der Waals surface area contributed by atoms with Crippen molar-refractivity contribution in [2.75, 3.05) is 0 Å². The van der Waals surface area contributed by atoms with E-state index in [4.69, 9.17) is 11.6 Å². The molecular weight excluding hydrogens is 160 g/mol. The molecule has 0 N–H and O–H groups in total. The van der Waals surface area contributed by atoms with E-state index in [0.717, 1.165) is 6.42 Å². The lowest BCUT2D eigenvalue weighted by atomic mass is 10.1. The number of allylic oxidation sites excluding steroid dienone is 4. The first-order valence-corrected chi connectivity index (χ1v) is 4.03. The highest BCUT2D eigenvalue weighted by Gasteiger charge is 1.85. The van der Waals surface area contributed by atoms with Gasteiger partial charge in [0.1, 0.15) is 0 Å². The van der Waals surface area contributed by atoms with Crippen LogP contribution in [0.4, 0.5) is 0 Å². The number of carbonyl (C=O) groups excluding carboxylic acids is 1. The molecule has 1 nitrogen and oxygen atoms in total. The Morgan fingerprint density at radius 1 is 1.45 bits per heavy atom. The standard InChI is InChI=1S/C9H13ClO/c1-8(2)6-4-3-5-7-9(10)11/h3-5,7-8H,6H2,1-2H3/b4-3+,7-5+. The highest BCUT2D eigenvalue weighted by Crippen LogP contribution is 1.99. The second kappa shape index (κ2) is 6.17. The maximum atomic E-state index is 10.2. The summed E-state index contributed by atoms with van der Waals surface area (Å²) < 4.78 is 0. The summed E-state index contributed by atoms with van der Waals surface area (Å²) in [5.41, 5.74) is 0. The molecule has 0 aliphatic carbocycles.